The summed E-state index contributed by atoms with van der Waals surface area (Å²) in [6.45, 7) is 4.39. The second kappa shape index (κ2) is 6.56. The maximum absolute atomic E-state index is 12.0. The van der Waals surface area contributed by atoms with E-state index in [1.165, 1.54) is 0 Å². The Kier molecular flexibility index (Phi) is 5.61. The molecule has 1 fully saturated rings. The van der Waals surface area contributed by atoms with E-state index in [1.54, 1.807) is 6.92 Å². The number of hydrogen-bond donors (Lipinski definition) is 2. The van der Waals surface area contributed by atoms with Gasteiger partial charge in [0.1, 0.15) is 6.54 Å². The predicted octanol–water partition coefficient (Wildman–Crippen LogP) is 0.970. The second-order valence-electron chi connectivity index (χ2n) is 5.27. The summed E-state index contributed by atoms with van der Waals surface area (Å²) < 4.78 is 36.1. The van der Waals surface area contributed by atoms with E-state index >= 15 is 0 Å². The predicted molar refractivity (Wildman–Crippen MR) is 66.4 cm³/mol. The van der Waals surface area contributed by atoms with Crippen LogP contribution in [0, 0.1) is 11.8 Å². The number of nitrogens with two attached hydrogens (primary N) is 1. The number of carbonyl (C=O) groups excluding carboxylic acids is 1. The van der Waals surface area contributed by atoms with E-state index in [4.69, 9.17) is 5.73 Å². The van der Waals surface area contributed by atoms with Crippen LogP contribution in [0.25, 0.3) is 0 Å². The first-order valence-corrected chi connectivity index (χ1v) is 6.53. The lowest BCUT2D eigenvalue weighted by Crippen LogP contribution is -2.52. The van der Waals surface area contributed by atoms with E-state index in [0.717, 1.165) is 13.0 Å². The molecule has 1 rings (SSSR count). The van der Waals surface area contributed by atoms with E-state index in [1.807, 2.05) is 10.2 Å². The van der Waals surface area contributed by atoms with Crippen LogP contribution in [0.4, 0.5) is 13.2 Å². The first-order valence-electron chi connectivity index (χ1n) is 6.53. The number of hydrogen-bond acceptors (Lipinski definition) is 3. The van der Waals surface area contributed by atoms with Crippen LogP contribution >= 0.6 is 0 Å². The zero-order valence-corrected chi connectivity index (χ0v) is 11.3. The van der Waals surface area contributed by atoms with Crippen LogP contribution in [0.1, 0.15) is 20.3 Å². The summed E-state index contributed by atoms with van der Waals surface area (Å²) >= 11 is 0. The fraction of sp³-hybridized carbons (Fsp3) is 0.917. The molecule has 19 heavy (non-hydrogen) atoms. The summed E-state index contributed by atoms with van der Waals surface area (Å²) in [5, 5.41) is 1.93. The third-order valence-electron chi connectivity index (χ3n) is 3.84. The minimum Gasteiger partial charge on any atom is -0.346 e. The van der Waals surface area contributed by atoms with E-state index in [-0.39, 0.29) is 0 Å². The summed E-state index contributed by atoms with van der Waals surface area (Å²) in [7, 11) is 0. The average molecular weight is 281 g/mol. The van der Waals surface area contributed by atoms with Crippen LogP contribution in [0.2, 0.25) is 0 Å². The van der Waals surface area contributed by atoms with Gasteiger partial charge in [0, 0.05) is 6.54 Å². The lowest BCUT2D eigenvalue weighted by Gasteiger charge is -2.39. The van der Waals surface area contributed by atoms with Crippen molar-refractivity contribution >= 4 is 5.91 Å². The zero-order chi connectivity index (χ0) is 14.6. The standard InChI is InChI=1S/C12H22F3N3O/c1-8-3-4-18(6-10(8)5-16)9(2)11(19)17-7-12(13,14)15/h8-10H,3-7,16H2,1-2H3,(H,17,19). The van der Waals surface area contributed by atoms with Crippen LogP contribution in [-0.2, 0) is 4.79 Å². The molecule has 3 N–H and O–H groups in total. The maximum Gasteiger partial charge on any atom is 0.405 e. The number of piperidine rings is 1. The Balaban J connectivity index is 2.48. The van der Waals surface area contributed by atoms with Crippen molar-refractivity contribution in [1.29, 1.82) is 0 Å². The van der Waals surface area contributed by atoms with E-state index in [2.05, 4.69) is 6.92 Å². The van der Waals surface area contributed by atoms with Crippen LogP contribution < -0.4 is 11.1 Å². The van der Waals surface area contributed by atoms with Gasteiger partial charge in [0.15, 0.2) is 0 Å². The van der Waals surface area contributed by atoms with Gasteiger partial charge in [0.2, 0.25) is 5.91 Å². The Morgan fingerprint density at radius 3 is 2.68 bits per heavy atom. The van der Waals surface area contributed by atoms with Crippen molar-refractivity contribution in [2.75, 3.05) is 26.2 Å². The number of likely N-dealkylation sites (tertiary alicyclic amines) is 1. The van der Waals surface area contributed by atoms with Crippen LogP contribution in [0.5, 0.6) is 0 Å². The number of rotatable bonds is 4. The van der Waals surface area contributed by atoms with Gasteiger partial charge in [-0.25, -0.2) is 0 Å². The Hall–Kier alpha value is -0.820. The number of nitrogens with one attached hydrogen (secondary N) is 1. The summed E-state index contributed by atoms with van der Waals surface area (Å²) in [5.41, 5.74) is 5.67. The SMILES string of the molecule is CC1CCN(C(C)C(=O)NCC(F)(F)F)CC1CN. The molecule has 112 valence electrons. The molecule has 3 atom stereocenters. The fourth-order valence-electron chi connectivity index (χ4n) is 2.34. The van der Waals surface area contributed by atoms with Crippen molar-refractivity contribution in [1.82, 2.24) is 10.2 Å². The molecule has 1 amide bonds. The van der Waals surface area contributed by atoms with Crippen molar-refractivity contribution < 1.29 is 18.0 Å². The van der Waals surface area contributed by atoms with Crippen molar-refractivity contribution in [3.05, 3.63) is 0 Å². The molecular formula is C12H22F3N3O. The van der Waals surface area contributed by atoms with Crippen LogP contribution in [0.3, 0.4) is 0 Å². The number of carbonyl (C=O) groups is 1. The molecule has 0 aromatic rings. The highest BCUT2D eigenvalue weighted by Crippen LogP contribution is 2.23. The molecule has 0 spiro atoms. The van der Waals surface area contributed by atoms with Gasteiger partial charge in [0.25, 0.3) is 0 Å². The van der Waals surface area contributed by atoms with Gasteiger partial charge in [0.05, 0.1) is 6.04 Å². The van der Waals surface area contributed by atoms with Gasteiger partial charge in [-0.1, -0.05) is 6.92 Å². The normalized spacial score (nSPS) is 27.1. The maximum atomic E-state index is 12.0. The topological polar surface area (TPSA) is 58.4 Å². The smallest absolute Gasteiger partial charge is 0.346 e. The van der Waals surface area contributed by atoms with Gasteiger partial charge in [-0.05, 0) is 38.3 Å². The summed E-state index contributed by atoms with van der Waals surface area (Å²) in [6, 6.07) is -0.552. The molecule has 4 nitrogen and oxygen atoms in total. The molecule has 7 heteroatoms. The molecule has 0 aromatic heterocycles. The molecule has 0 radical (unpaired) electrons. The van der Waals surface area contributed by atoms with E-state index in [0.29, 0.717) is 24.9 Å². The summed E-state index contributed by atoms with van der Waals surface area (Å²) in [6.07, 6.45) is -3.45. The minimum atomic E-state index is -4.37. The molecular weight excluding hydrogens is 259 g/mol. The van der Waals surface area contributed by atoms with Gasteiger partial charge in [-0.3, -0.25) is 9.69 Å². The molecule has 0 aliphatic carbocycles. The van der Waals surface area contributed by atoms with Crippen molar-refractivity contribution in [3.8, 4) is 0 Å². The second-order valence-corrected chi connectivity index (χ2v) is 5.27. The third kappa shape index (κ3) is 4.99. The first-order chi connectivity index (χ1) is 8.74. The minimum absolute atomic E-state index is 0.298. The van der Waals surface area contributed by atoms with Crippen molar-refractivity contribution in [2.24, 2.45) is 17.6 Å². The number of amides is 1. The summed E-state index contributed by atoms with van der Waals surface area (Å²) in [5.74, 6) is 0.209. The average Bonchev–Trinajstić information content (AvgIpc) is 2.34. The molecule has 0 saturated carbocycles. The van der Waals surface area contributed by atoms with Crippen LogP contribution in [-0.4, -0.2) is 49.2 Å². The largest absolute Gasteiger partial charge is 0.405 e. The molecule has 1 heterocycles. The molecule has 0 aromatic carbocycles. The highest BCUT2D eigenvalue weighted by atomic mass is 19.4. The van der Waals surface area contributed by atoms with E-state index in [9.17, 15) is 18.0 Å². The Labute approximate surface area is 111 Å². The molecule has 1 saturated heterocycles. The Morgan fingerprint density at radius 1 is 1.53 bits per heavy atom. The van der Waals surface area contributed by atoms with Gasteiger partial charge in [-0.15, -0.1) is 0 Å². The van der Waals surface area contributed by atoms with Gasteiger partial charge >= 0.3 is 6.18 Å². The zero-order valence-electron chi connectivity index (χ0n) is 11.3. The van der Waals surface area contributed by atoms with Crippen LogP contribution in [0.15, 0.2) is 0 Å². The molecule has 1 aliphatic rings. The van der Waals surface area contributed by atoms with Gasteiger partial charge < -0.3 is 11.1 Å². The van der Waals surface area contributed by atoms with Gasteiger partial charge in [-0.2, -0.15) is 13.2 Å². The summed E-state index contributed by atoms with van der Waals surface area (Å²) in [4.78, 5) is 13.6. The monoisotopic (exact) mass is 281 g/mol. The lowest BCUT2D eigenvalue weighted by molar-refractivity contribution is -0.141. The van der Waals surface area contributed by atoms with Crippen molar-refractivity contribution in [3.63, 3.8) is 0 Å². The number of nitrogens with zero attached hydrogens (tertiary/aromatic N) is 1. The van der Waals surface area contributed by atoms with E-state index < -0.39 is 24.7 Å². The lowest BCUT2D eigenvalue weighted by atomic mass is 9.86. The Bertz CT molecular complexity index is 309. The highest BCUT2D eigenvalue weighted by molar-refractivity contribution is 5.81. The van der Waals surface area contributed by atoms with Crippen molar-refractivity contribution in [2.45, 2.75) is 32.5 Å². The first kappa shape index (κ1) is 16.2. The third-order valence-corrected chi connectivity index (χ3v) is 3.84. The highest BCUT2D eigenvalue weighted by Gasteiger charge is 2.33. The molecule has 0 bridgehead atoms. The molecule has 1 aliphatic heterocycles. The number of halogens is 3. The Morgan fingerprint density at radius 2 is 2.16 bits per heavy atom. The fourth-order valence-corrected chi connectivity index (χ4v) is 2.34. The molecule has 3 unspecified atom stereocenters. The number of alkyl halides is 3. The quantitative estimate of drug-likeness (QED) is 0.807.